The van der Waals surface area contributed by atoms with Crippen LogP contribution in [0.2, 0.25) is 0 Å². The van der Waals surface area contributed by atoms with Crippen LogP contribution in [-0.2, 0) is 4.74 Å². The Bertz CT molecular complexity index is 303. The van der Waals surface area contributed by atoms with Crippen LogP contribution in [0.25, 0.3) is 0 Å². The predicted molar refractivity (Wildman–Crippen MR) is 85.2 cm³/mol. The van der Waals surface area contributed by atoms with Gasteiger partial charge < -0.3 is 4.74 Å². The highest BCUT2D eigenvalue weighted by molar-refractivity contribution is 4.90. The van der Waals surface area contributed by atoms with Crippen LogP contribution in [0.15, 0.2) is 0 Å². The fraction of sp³-hybridized carbons (Fsp3) is 1.00. The second-order valence-corrected chi connectivity index (χ2v) is 8.17. The van der Waals surface area contributed by atoms with Crippen molar-refractivity contribution in [2.45, 2.75) is 77.5 Å². The Morgan fingerprint density at radius 3 is 2.15 bits per heavy atom. The second kappa shape index (κ2) is 6.33. The molecule has 0 aromatic rings. The molecule has 2 saturated heterocycles. The number of hydrogen-bond donors (Lipinski definition) is 0. The van der Waals surface area contributed by atoms with Gasteiger partial charge in [-0.3, -0.25) is 9.80 Å². The van der Waals surface area contributed by atoms with E-state index in [-0.39, 0.29) is 11.1 Å². The summed E-state index contributed by atoms with van der Waals surface area (Å²) in [7, 11) is 0. The van der Waals surface area contributed by atoms with E-state index in [1.165, 1.54) is 32.4 Å². The van der Waals surface area contributed by atoms with Crippen LogP contribution in [0.5, 0.6) is 0 Å². The quantitative estimate of drug-likeness (QED) is 0.791. The highest BCUT2D eigenvalue weighted by Gasteiger charge is 2.35. The van der Waals surface area contributed by atoms with Crippen molar-refractivity contribution in [2.75, 3.05) is 32.8 Å². The van der Waals surface area contributed by atoms with E-state index < -0.39 is 0 Å². The molecule has 3 nitrogen and oxygen atoms in total. The normalized spacial score (nSPS) is 27.8. The first-order chi connectivity index (χ1) is 9.29. The molecule has 118 valence electrons. The maximum absolute atomic E-state index is 6.06. The van der Waals surface area contributed by atoms with Crippen LogP contribution in [0.4, 0.5) is 0 Å². The topological polar surface area (TPSA) is 15.7 Å². The largest absolute Gasteiger partial charge is 0.375 e. The van der Waals surface area contributed by atoms with Crippen molar-refractivity contribution in [1.82, 2.24) is 9.80 Å². The molecule has 0 aromatic heterocycles. The third-order valence-corrected chi connectivity index (χ3v) is 5.03. The van der Waals surface area contributed by atoms with Crippen LogP contribution in [0.1, 0.15) is 60.3 Å². The molecule has 2 aliphatic heterocycles. The van der Waals surface area contributed by atoms with Crippen LogP contribution < -0.4 is 0 Å². The van der Waals surface area contributed by atoms with Gasteiger partial charge in [-0.05, 0) is 67.0 Å². The van der Waals surface area contributed by atoms with E-state index in [0.717, 1.165) is 26.1 Å². The van der Waals surface area contributed by atoms with E-state index >= 15 is 0 Å². The summed E-state index contributed by atoms with van der Waals surface area (Å²) in [5, 5.41) is 0. The number of morpholine rings is 1. The molecular formula is C17H34N2O. The van der Waals surface area contributed by atoms with E-state index in [0.29, 0.717) is 6.10 Å². The Morgan fingerprint density at radius 2 is 1.55 bits per heavy atom. The van der Waals surface area contributed by atoms with Gasteiger partial charge in [-0.15, -0.1) is 0 Å². The summed E-state index contributed by atoms with van der Waals surface area (Å²) in [4.78, 5) is 5.25. The Labute approximate surface area is 125 Å². The third kappa shape index (κ3) is 4.19. The maximum Gasteiger partial charge on any atom is 0.0720 e. The standard InChI is InChI=1S/C17H34N2O/c1-16(2,3)19-11-12-20-15(14-19)13-17(4,5)18-9-7-6-8-10-18/h15H,6-14H2,1-5H3. The molecule has 1 unspecified atom stereocenters. The van der Waals surface area contributed by atoms with Gasteiger partial charge in [0.1, 0.15) is 0 Å². The monoisotopic (exact) mass is 282 g/mol. The van der Waals surface area contributed by atoms with E-state index in [1.807, 2.05) is 0 Å². The summed E-state index contributed by atoms with van der Waals surface area (Å²) >= 11 is 0. The van der Waals surface area contributed by atoms with Gasteiger partial charge in [0.25, 0.3) is 0 Å². The zero-order valence-corrected chi connectivity index (χ0v) is 14.2. The van der Waals surface area contributed by atoms with Gasteiger partial charge in [0, 0.05) is 24.2 Å². The molecule has 0 bridgehead atoms. The van der Waals surface area contributed by atoms with Gasteiger partial charge in [0.2, 0.25) is 0 Å². The lowest BCUT2D eigenvalue weighted by Gasteiger charge is -2.46. The molecule has 0 amide bonds. The lowest BCUT2D eigenvalue weighted by atomic mass is 9.90. The number of hydrogen-bond acceptors (Lipinski definition) is 3. The van der Waals surface area contributed by atoms with Crippen molar-refractivity contribution in [3.63, 3.8) is 0 Å². The first-order valence-electron chi connectivity index (χ1n) is 8.41. The van der Waals surface area contributed by atoms with E-state index in [1.54, 1.807) is 0 Å². The van der Waals surface area contributed by atoms with Crippen LogP contribution in [0, 0.1) is 0 Å². The first kappa shape index (κ1) is 16.3. The SMILES string of the molecule is CC(C)(C)N1CCOC(CC(C)(C)N2CCCCC2)C1. The molecule has 0 aromatic carbocycles. The van der Waals surface area contributed by atoms with Gasteiger partial charge in [-0.2, -0.15) is 0 Å². The van der Waals surface area contributed by atoms with Crippen molar-refractivity contribution in [3.8, 4) is 0 Å². The summed E-state index contributed by atoms with van der Waals surface area (Å²) in [5.41, 5.74) is 0.531. The fourth-order valence-electron chi connectivity index (χ4n) is 3.64. The molecule has 0 saturated carbocycles. The van der Waals surface area contributed by atoms with Crippen molar-refractivity contribution < 1.29 is 4.74 Å². The number of ether oxygens (including phenoxy) is 1. The van der Waals surface area contributed by atoms with E-state index in [2.05, 4.69) is 44.4 Å². The first-order valence-corrected chi connectivity index (χ1v) is 8.41. The summed E-state index contributed by atoms with van der Waals surface area (Å²) in [6.45, 7) is 17.3. The minimum Gasteiger partial charge on any atom is -0.375 e. The van der Waals surface area contributed by atoms with Gasteiger partial charge in [-0.1, -0.05) is 6.42 Å². The van der Waals surface area contributed by atoms with Crippen LogP contribution >= 0.6 is 0 Å². The number of nitrogens with zero attached hydrogens (tertiary/aromatic N) is 2. The van der Waals surface area contributed by atoms with Crippen molar-refractivity contribution in [2.24, 2.45) is 0 Å². The Morgan fingerprint density at radius 1 is 0.900 bits per heavy atom. The Kier molecular flexibility index (Phi) is 5.14. The minimum atomic E-state index is 0.261. The molecule has 0 spiro atoms. The molecule has 2 rings (SSSR count). The molecular weight excluding hydrogens is 248 g/mol. The average Bonchev–Trinajstić information content (AvgIpc) is 2.38. The molecule has 2 aliphatic rings. The number of likely N-dealkylation sites (tertiary alicyclic amines) is 1. The predicted octanol–water partition coefficient (Wildman–Crippen LogP) is 3.14. The summed E-state index contributed by atoms with van der Waals surface area (Å²) in [6, 6.07) is 0. The molecule has 0 N–H and O–H groups in total. The van der Waals surface area contributed by atoms with Gasteiger partial charge in [0.05, 0.1) is 12.7 Å². The zero-order valence-electron chi connectivity index (χ0n) is 14.2. The van der Waals surface area contributed by atoms with Gasteiger partial charge in [0.15, 0.2) is 0 Å². The molecule has 20 heavy (non-hydrogen) atoms. The van der Waals surface area contributed by atoms with Crippen LogP contribution in [0.3, 0.4) is 0 Å². The van der Waals surface area contributed by atoms with Crippen LogP contribution in [-0.4, -0.2) is 59.8 Å². The number of piperidine rings is 1. The smallest absolute Gasteiger partial charge is 0.0720 e. The van der Waals surface area contributed by atoms with Crippen molar-refractivity contribution in [1.29, 1.82) is 0 Å². The summed E-state index contributed by atoms with van der Waals surface area (Å²) < 4.78 is 6.06. The third-order valence-electron chi connectivity index (χ3n) is 5.03. The van der Waals surface area contributed by atoms with E-state index in [4.69, 9.17) is 4.74 Å². The molecule has 3 heteroatoms. The zero-order chi connectivity index (χ0) is 14.8. The van der Waals surface area contributed by atoms with E-state index in [9.17, 15) is 0 Å². The molecule has 0 radical (unpaired) electrons. The lowest BCUT2D eigenvalue weighted by molar-refractivity contribution is -0.0800. The van der Waals surface area contributed by atoms with Gasteiger partial charge >= 0.3 is 0 Å². The van der Waals surface area contributed by atoms with Crippen molar-refractivity contribution in [3.05, 3.63) is 0 Å². The minimum absolute atomic E-state index is 0.261. The fourth-order valence-corrected chi connectivity index (χ4v) is 3.64. The van der Waals surface area contributed by atoms with Gasteiger partial charge in [-0.25, -0.2) is 0 Å². The number of rotatable bonds is 3. The molecule has 2 heterocycles. The molecule has 2 fully saturated rings. The van der Waals surface area contributed by atoms with Crippen molar-refractivity contribution >= 4 is 0 Å². The maximum atomic E-state index is 6.06. The highest BCUT2D eigenvalue weighted by atomic mass is 16.5. The molecule has 1 atom stereocenters. The average molecular weight is 282 g/mol. The Balaban J connectivity index is 1.91. The second-order valence-electron chi connectivity index (χ2n) is 8.17. The summed E-state index contributed by atoms with van der Waals surface area (Å²) in [6.07, 6.45) is 5.68. The summed E-state index contributed by atoms with van der Waals surface area (Å²) in [5.74, 6) is 0. The lowest BCUT2D eigenvalue weighted by Crippen LogP contribution is -2.55. The Hall–Kier alpha value is -0.120. The highest BCUT2D eigenvalue weighted by Crippen LogP contribution is 2.28. The molecule has 0 aliphatic carbocycles.